The van der Waals surface area contributed by atoms with E-state index >= 15 is 0 Å². The van der Waals surface area contributed by atoms with Crippen LogP contribution < -0.4 is 54.4 Å². The lowest BCUT2D eigenvalue weighted by atomic mass is 9.96. The Bertz CT molecular complexity index is 1680. The molecule has 0 bridgehead atoms. The number of carbonyl (C=O) groups is 8. The van der Waals surface area contributed by atoms with Crippen LogP contribution >= 0.6 is 0 Å². The summed E-state index contributed by atoms with van der Waals surface area (Å²) in [4.78, 5) is 118. The second kappa shape index (κ2) is 29.0. The molecule has 1 heterocycles. The molecule has 1 aromatic rings. The van der Waals surface area contributed by atoms with Gasteiger partial charge in [-0.1, -0.05) is 68.7 Å². The van der Waals surface area contributed by atoms with Crippen molar-refractivity contribution in [1.82, 2.24) is 47.2 Å². The van der Waals surface area contributed by atoms with Gasteiger partial charge in [0, 0.05) is 24.9 Å². The van der Waals surface area contributed by atoms with Gasteiger partial charge in [-0.05, 0) is 69.1 Å². The van der Waals surface area contributed by atoms with Crippen molar-refractivity contribution in [3.05, 3.63) is 18.2 Å². The van der Waals surface area contributed by atoms with E-state index in [-0.39, 0.29) is 74.7 Å². The first-order valence-corrected chi connectivity index (χ1v) is 22.4. The number of nitrogens with zero attached hydrogens (tertiary/aromatic N) is 2. The molecule has 0 aromatic carbocycles. The Morgan fingerprint density at radius 1 is 0.641 bits per heavy atom. The van der Waals surface area contributed by atoms with Crippen LogP contribution in [0.2, 0.25) is 0 Å². The van der Waals surface area contributed by atoms with Gasteiger partial charge in [-0.3, -0.25) is 38.6 Å². The standard InChI is InChI=1S/C43H77N13O8/c1-11-26(9)35(56-36(58)27(10)44)42(64)55-33(18-25(7)8)40(62)54-34(19-29-20-47-22-49-29)41(63)51-30(14-13-15-48-43(45)46)37(59)52-32(17-24(5)6)39(61)53-31(16-23(3)4)38(60)50-28(12-2)21-57/h20-28,30-35H,11-19,44H2,1-10H3,(H,47,49)(H,50,60)(H,51,63)(H,52,59)(H,53,61)(H,54,62)(H,55,64)(H,56,58)(H4,45,46,48)/t26-,27-,28-,30-,31-,32-,33-,34-,35-/m0/s1. The topological polar surface area (TPSA) is 340 Å². The Morgan fingerprint density at radius 3 is 1.52 bits per heavy atom. The smallest absolute Gasteiger partial charge is 0.243 e. The molecular formula is C43H77N13O8. The van der Waals surface area contributed by atoms with Crippen molar-refractivity contribution < 1.29 is 38.4 Å². The highest BCUT2D eigenvalue weighted by atomic mass is 16.2. The molecule has 0 aliphatic carbocycles. The lowest BCUT2D eigenvalue weighted by Crippen LogP contribution is -2.61. The average molecular weight is 904 g/mol. The number of aldehydes is 1. The summed E-state index contributed by atoms with van der Waals surface area (Å²) in [5, 5.41) is 19.1. The van der Waals surface area contributed by atoms with Crippen molar-refractivity contribution in [2.75, 3.05) is 6.54 Å². The molecule has 9 atom stereocenters. The van der Waals surface area contributed by atoms with Gasteiger partial charge in [-0.25, -0.2) is 4.98 Å². The van der Waals surface area contributed by atoms with Crippen molar-refractivity contribution in [3.8, 4) is 0 Å². The molecule has 0 spiro atoms. The van der Waals surface area contributed by atoms with Gasteiger partial charge in [0.15, 0.2) is 5.96 Å². The first kappa shape index (κ1) is 56.4. The molecule has 21 heteroatoms. The zero-order chi connectivity index (χ0) is 48.7. The van der Waals surface area contributed by atoms with Gasteiger partial charge in [-0.15, -0.1) is 0 Å². The minimum absolute atomic E-state index is 0.00769. The summed E-state index contributed by atoms with van der Waals surface area (Å²) in [5.74, 6) is -5.18. The van der Waals surface area contributed by atoms with Crippen LogP contribution in [0.1, 0.15) is 120 Å². The first-order valence-electron chi connectivity index (χ1n) is 22.4. The summed E-state index contributed by atoms with van der Waals surface area (Å²) < 4.78 is 0. The minimum Gasteiger partial charge on any atom is -0.370 e. The van der Waals surface area contributed by atoms with Gasteiger partial charge >= 0.3 is 0 Å². The summed E-state index contributed by atoms with van der Waals surface area (Å²) in [6.45, 7) is 18.2. The molecule has 64 heavy (non-hydrogen) atoms. The van der Waals surface area contributed by atoms with Crippen molar-refractivity contribution in [2.24, 2.45) is 45.9 Å². The lowest BCUT2D eigenvalue weighted by molar-refractivity contribution is -0.136. The van der Waals surface area contributed by atoms with Gasteiger partial charge in [0.25, 0.3) is 0 Å². The van der Waals surface area contributed by atoms with E-state index in [0.29, 0.717) is 24.8 Å². The molecule has 0 aliphatic rings. The number of hydrogen-bond donors (Lipinski definition) is 11. The zero-order valence-corrected chi connectivity index (χ0v) is 39.4. The number of rotatable bonds is 30. The number of H-pyrrole nitrogens is 1. The molecule has 7 amide bonds. The maximum atomic E-state index is 14.3. The van der Waals surface area contributed by atoms with Crippen LogP contribution in [-0.2, 0) is 44.8 Å². The van der Waals surface area contributed by atoms with E-state index < -0.39 is 89.7 Å². The predicted octanol–water partition coefficient (Wildman–Crippen LogP) is -0.460. The number of amides is 7. The van der Waals surface area contributed by atoms with E-state index in [0.717, 1.165) is 0 Å². The first-order chi connectivity index (χ1) is 30.0. The van der Waals surface area contributed by atoms with Crippen LogP contribution in [-0.4, -0.2) is 118 Å². The molecular weight excluding hydrogens is 827 g/mol. The fraction of sp³-hybridized carbons (Fsp3) is 0.721. The SMILES string of the molecule is CC[C@@H](C=O)NC(=O)[C@H](CC(C)C)NC(=O)[C@H](CC(C)C)NC(=O)[C@H](CCCN=C(N)N)NC(=O)[C@H](Cc1cnc[nH]1)NC(=O)[C@H](CC(C)C)NC(=O)[C@@H](NC(=O)[C@H](C)N)[C@@H](C)CC. The number of hydrogen-bond acceptors (Lipinski definition) is 11. The molecule has 0 unspecified atom stereocenters. The van der Waals surface area contributed by atoms with Crippen LogP contribution in [0.15, 0.2) is 17.5 Å². The summed E-state index contributed by atoms with van der Waals surface area (Å²) in [6, 6.07) is -8.47. The Morgan fingerprint density at radius 2 is 1.09 bits per heavy atom. The molecule has 0 fully saturated rings. The maximum Gasteiger partial charge on any atom is 0.243 e. The summed E-state index contributed by atoms with van der Waals surface area (Å²) in [6.07, 6.45) is 5.13. The molecule has 1 rings (SSSR count). The molecule has 21 nitrogen and oxygen atoms in total. The van der Waals surface area contributed by atoms with Crippen LogP contribution in [0.3, 0.4) is 0 Å². The number of aromatic nitrogens is 2. The molecule has 14 N–H and O–H groups in total. The fourth-order valence-electron chi connectivity index (χ4n) is 6.56. The number of imidazole rings is 1. The third-order valence-corrected chi connectivity index (χ3v) is 10.3. The summed E-state index contributed by atoms with van der Waals surface area (Å²) >= 11 is 0. The van der Waals surface area contributed by atoms with E-state index in [1.165, 1.54) is 19.4 Å². The molecule has 0 aliphatic heterocycles. The van der Waals surface area contributed by atoms with E-state index in [4.69, 9.17) is 17.2 Å². The molecule has 0 radical (unpaired) electrons. The van der Waals surface area contributed by atoms with Crippen molar-refractivity contribution in [1.29, 1.82) is 0 Å². The normalized spacial score (nSPS) is 15.5. The van der Waals surface area contributed by atoms with Crippen LogP contribution in [0.25, 0.3) is 0 Å². The molecule has 362 valence electrons. The lowest BCUT2D eigenvalue weighted by Gasteiger charge is -2.29. The molecule has 0 saturated carbocycles. The second-order valence-electron chi connectivity index (χ2n) is 17.7. The predicted molar refractivity (Wildman–Crippen MR) is 244 cm³/mol. The monoisotopic (exact) mass is 904 g/mol. The Kier molecular flexibility index (Phi) is 25.5. The van der Waals surface area contributed by atoms with Crippen LogP contribution in [0.4, 0.5) is 0 Å². The van der Waals surface area contributed by atoms with Gasteiger partial charge in [0.1, 0.15) is 42.5 Å². The number of carbonyl (C=O) groups excluding carboxylic acids is 8. The minimum atomic E-state index is -1.31. The number of aromatic amines is 1. The fourth-order valence-corrected chi connectivity index (χ4v) is 6.56. The highest BCUT2D eigenvalue weighted by Crippen LogP contribution is 2.14. The Hall–Kier alpha value is -5.60. The summed E-state index contributed by atoms with van der Waals surface area (Å²) in [7, 11) is 0. The maximum absolute atomic E-state index is 14.3. The van der Waals surface area contributed by atoms with E-state index in [1.54, 1.807) is 13.8 Å². The second-order valence-corrected chi connectivity index (χ2v) is 17.7. The van der Waals surface area contributed by atoms with Crippen molar-refractivity contribution in [2.45, 2.75) is 169 Å². The van der Waals surface area contributed by atoms with Gasteiger partial charge < -0.3 is 64.2 Å². The largest absolute Gasteiger partial charge is 0.370 e. The third-order valence-electron chi connectivity index (χ3n) is 10.3. The quantitative estimate of drug-likeness (QED) is 0.0202. The number of aliphatic imine (C=N–C) groups is 1. The Balaban J connectivity index is 3.56. The molecule has 0 saturated heterocycles. The number of nitrogens with one attached hydrogen (secondary N) is 8. The van der Waals surface area contributed by atoms with Crippen LogP contribution in [0.5, 0.6) is 0 Å². The zero-order valence-electron chi connectivity index (χ0n) is 39.4. The van der Waals surface area contributed by atoms with Gasteiger partial charge in [0.2, 0.25) is 41.4 Å². The van der Waals surface area contributed by atoms with E-state index in [1.807, 2.05) is 48.5 Å². The van der Waals surface area contributed by atoms with Crippen LogP contribution in [0, 0.1) is 23.7 Å². The number of nitrogens with two attached hydrogens (primary N) is 3. The third kappa shape index (κ3) is 21.2. The highest BCUT2D eigenvalue weighted by Gasteiger charge is 2.35. The average Bonchev–Trinajstić information content (AvgIpc) is 3.73. The van der Waals surface area contributed by atoms with Gasteiger partial charge in [-0.2, -0.15) is 0 Å². The Labute approximate surface area is 378 Å². The highest BCUT2D eigenvalue weighted by molar-refractivity contribution is 5.97. The number of guanidine groups is 1. The van der Waals surface area contributed by atoms with E-state index in [9.17, 15) is 38.4 Å². The van der Waals surface area contributed by atoms with Gasteiger partial charge in [0.05, 0.1) is 18.4 Å². The van der Waals surface area contributed by atoms with E-state index in [2.05, 4.69) is 52.2 Å². The van der Waals surface area contributed by atoms with Crippen molar-refractivity contribution in [3.63, 3.8) is 0 Å². The summed E-state index contributed by atoms with van der Waals surface area (Å²) in [5.41, 5.74) is 17.3. The molecule has 1 aromatic heterocycles. The van der Waals surface area contributed by atoms with Crippen molar-refractivity contribution >= 4 is 53.6 Å².